The van der Waals surface area contributed by atoms with Crippen molar-refractivity contribution in [3.8, 4) is 0 Å². The normalized spacial score (nSPS) is 16.4. The Hall–Kier alpha value is -1.79. The molecule has 1 N–H and O–H groups in total. The van der Waals surface area contributed by atoms with E-state index in [0.29, 0.717) is 12.2 Å². The minimum Gasteiger partial charge on any atom is -0.310 e. The molecule has 3 rings (SSSR count). The lowest BCUT2D eigenvalue weighted by atomic mass is 9.93. The van der Waals surface area contributed by atoms with Gasteiger partial charge in [-0.15, -0.1) is 0 Å². The third-order valence-corrected chi connectivity index (χ3v) is 5.66. The molecule has 1 aliphatic heterocycles. The van der Waals surface area contributed by atoms with Gasteiger partial charge in [0.1, 0.15) is 11.6 Å². The number of anilines is 2. The SMILES string of the molecule is CCCCc1nc(C)nc2c1C(NCC)CC(=O)N2c1c(C)cc(Br)cc1C. The molecule has 150 valence electrons. The zero-order valence-corrected chi connectivity index (χ0v) is 19.0. The summed E-state index contributed by atoms with van der Waals surface area (Å²) in [6.45, 7) is 11.1. The van der Waals surface area contributed by atoms with Crippen LogP contribution in [0, 0.1) is 20.8 Å². The highest BCUT2D eigenvalue weighted by Crippen LogP contribution is 2.42. The van der Waals surface area contributed by atoms with Gasteiger partial charge in [0.15, 0.2) is 0 Å². The topological polar surface area (TPSA) is 58.1 Å². The second-order valence-corrected chi connectivity index (χ2v) is 8.41. The molecule has 0 fully saturated rings. The molecule has 6 heteroatoms. The van der Waals surface area contributed by atoms with Gasteiger partial charge in [-0.1, -0.05) is 36.2 Å². The quantitative estimate of drug-likeness (QED) is 0.662. The van der Waals surface area contributed by atoms with E-state index in [4.69, 9.17) is 9.97 Å². The van der Waals surface area contributed by atoms with Crippen LogP contribution >= 0.6 is 15.9 Å². The van der Waals surface area contributed by atoms with Gasteiger partial charge in [-0.25, -0.2) is 9.97 Å². The largest absolute Gasteiger partial charge is 0.310 e. The summed E-state index contributed by atoms with van der Waals surface area (Å²) in [5.41, 5.74) is 5.20. The first-order valence-corrected chi connectivity index (χ1v) is 10.9. The van der Waals surface area contributed by atoms with Gasteiger partial charge < -0.3 is 5.32 Å². The van der Waals surface area contributed by atoms with Gasteiger partial charge in [0.05, 0.1) is 11.4 Å². The van der Waals surface area contributed by atoms with Crippen LogP contribution in [-0.4, -0.2) is 22.4 Å². The van der Waals surface area contributed by atoms with E-state index >= 15 is 0 Å². The van der Waals surface area contributed by atoms with Gasteiger partial charge in [-0.2, -0.15) is 0 Å². The van der Waals surface area contributed by atoms with Crippen LogP contribution < -0.4 is 10.2 Å². The zero-order chi connectivity index (χ0) is 20.4. The predicted molar refractivity (Wildman–Crippen MR) is 117 cm³/mol. The molecular formula is C22H29BrN4O. The van der Waals surface area contributed by atoms with E-state index < -0.39 is 0 Å². The molecule has 1 aliphatic rings. The van der Waals surface area contributed by atoms with Crippen molar-refractivity contribution in [2.24, 2.45) is 0 Å². The third-order valence-electron chi connectivity index (χ3n) is 5.20. The monoisotopic (exact) mass is 444 g/mol. The molecule has 1 amide bonds. The predicted octanol–water partition coefficient (Wildman–Crippen LogP) is 5.23. The summed E-state index contributed by atoms with van der Waals surface area (Å²) in [4.78, 5) is 24.6. The minimum atomic E-state index is -0.0349. The van der Waals surface area contributed by atoms with Gasteiger partial charge in [0, 0.05) is 22.5 Å². The van der Waals surface area contributed by atoms with Crippen LogP contribution in [0.5, 0.6) is 0 Å². The second kappa shape index (κ2) is 8.70. The van der Waals surface area contributed by atoms with E-state index in [9.17, 15) is 4.79 Å². The van der Waals surface area contributed by atoms with Crippen LogP contribution in [0.15, 0.2) is 16.6 Å². The number of carbonyl (C=O) groups is 1. The van der Waals surface area contributed by atoms with E-state index in [-0.39, 0.29) is 11.9 Å². The van der Waals surface area contributed by atoms with Crippen molar-refractivity contribution in [3.63, 3.8) is 0 Å². The number of halogens is 1. The number of nitrogens with one attached hydrogen (secondary N) is 1. The van der Waals surface area contributed by atoms with Crippen LogP contribution in [-0.2, 0) is 11.2 Å². The Bertz CT molecular complexity index is 873. The summed E-state index contributed by atoms with van der Waals surface area (Å²) in [5.74, 6) is 1.54. The van der Waals surface area contributed by atoms with E-state index in [1.54, 1.807) is 0 Å². The van der Waals surface area contributed by atoms with Crippen molar-refractivity contribution >= 4 is 33.3 Å². The fourth-order valence-corrected chi connectivity index (χ4v) is 4.77. The summed E-state index contributed by atoms with van der Waals surface area (Å²) in [5, 5.41) is 3.48. The molecule has 1 aromatic carbocycles. The number of fused-ring (bicyclic) bond motifs is 1. The number of benzene rings is 1. The molecule has 0 aliphatic carbocycles. The zero-order valence-electron chi connectivity index (χ0n) is 17.4. The van der Waals surface area contributed by atoms with Gasteiger partial charge in [0.25, 0.3) is 0 Å². The standard InChI is InChI=1S/C22H29BrN4O/c1-6-8-9-17-20-18(24-7-2)12-19(28)27(22(20)26-15(5)25-17)21-13(3)10-16(23)11-14(21)4/h10-11,18,24H,6-9,12H2,1-5H3. The lowest BCUT2D eigenvalue weighted by Gasteiger charge is -2.36. The molecular weight excluding hydrogens is 416 g/mol. The number of amides is 1. The van der Waals surface area contributed by atoms with Crippen molar-refractivity contribution in [3.05, 3.63) is 44.8 Å². The highest BCUT2D eigenvalue weighted by atomic mass is 79.9. The molecule has 2 heterocycles. The summed E-state index contributed by atoms with van der Waals surface area (Å²) in [7, 11) is 0. The van der Waals surface area contributed by atoms with Crippen LogP contribution in [0.3, 0.4) is 0 Å². The van der Waals surface area contributed by atoms with Gasteiger partial charge in [-0.05, 0) is 63.4 Å². The van der Waals surface area contributed by atoms with E-state index in [1.165, 1.54) is 0 Å². The number of hydrogen-bond donors (Lipinski definition) is 1. The smallest absolute Gasteiger partial charge is 0.234 e. The van der Waals surface area contributed by atoms with Crippen LogP contribution in [0.2, 0.25) is 0 Å². The lowest BCUT2D eigenvalue weighted by molar-refractivity contribution is -0.118. The van der Waals surface area contributed by atoms with Crippen LogP contribution in [0.1, 0.15) is 67.4 Å². The summed E-state index contributed by atoms with van der Waals surface area (Å²) in [6, 6.07) is 4.07. The molecule has 0 spiro atoms. The van der Waals surface area contributed by atoms with Crippen molar-refractivity contribution in [2.75, 3.05) is 11.4 Å². The van der Waals surface area contributed by atoms with Crippen molar-refractivity contribution in [2.45, 2.75) is 66.3 Å². The van der Waals surface area contributed by atoms with Crippen molar-refractivity contribution in [1.82, 2.24) is 15.3 Å². The second-order valence-electron chi connectivity index (χ2n) is 7.49. The maximum absolute atomic E-state index is 13.3. The summed E-state index contributed by atoms with van der Waals surface area (Å²) >= 11 is 3.56. The molecule has 1 unspecified atom stereocenters. The molecule has 2 aromatic rings. The van der Waals surface area contributed by atoms with Crippen molar-refractivity contribution in [1.29, 1.82) is 0 Å². The Morgan fingerprint density at radius 3 is 2.46 bits per heavy atom. The van der Waals surface area contributed by atoms with Crippen molar-refractivity contribution < 1.29 is 4.79 Å². The van der Waals surface area contributed by atoms with Gasteiger partial charge in [0.2, 0.25) is 5.91 Å². The van der Waals surface area contributed by atoms with Crippen LogP contribution in [0.25, 0.3) is 0 Å². The minimum absolute atomic E-state index is 0.0349. The number of rotatable bonds is 6. The molecule has 0 bridgehead atoms. The summed E-state index contributed by atoms with van der Waals surface area (Å²) in [6.07, 6.45) is 3.51. The first-order valence-electron chi connectivity index (χ1n) is 10.1. The number of carbonyl (C=O) groups excluding carboxylic acids is 1. The van der Waals surface area contributed by atoms with Crippen LogP contribution in [0.4, 0.5) is 11.5 Å². The molecule has 0 saturated heterocycles. The molecule has 5 nitrogen and oxygen atoms in total. The number of hydrogen-bond acceptors (Lipinski definition) is 4. The average molecular weight is 445 g/mol. The highest BCUT2D eigenvalue weighted by Gasteiger charge is 2.37. The fourth-order valence-electron chi connectivity index (χ4n) is 4.08. The number of nitrogens with zero attached hydrogens (tertiary/aromatic N) is 3. The number of aromatic nitrogens is 2. The van der Waals surface area contributed by atoms with Gasteiger partial charge >= 0.3 is 0 Å². The Morgan fingerprint density at radius 2 is 1.86 bits per heavy atom. The Labute approximate surface area is 176 Å². The Morgan fingerprint density at radius 1 is 1.18 bits per heavy atom. The maximum atomic E-state index is 13.3. The number of aryl methyl sites for hydroxylation is 4. The third kappa shape index (κ3) is 3.98. The summed E-state index contributed by atoms with van der Waals surface area (Å²) < 4.78 is 1.02. The lowest BCUT2D eigenvalue weighted by Crippen LogP contribution is -2.40. The first kappa shape index (κ1) is 20.9. The molecule has 0 radical (unpaired) electrons. The first-order chi connectivity index (χ1) is 13.4. The Kier molecular flexibility index (Phi) is 6.50. The molecule has 28 heavy (non-hydrogen) atoms. The van der Waals surface area contributed by atoms with Gasteiger partial charge in [-0.3, -0.25) is 9.69 Å². The molecule has 0 saturated carbocycles. The number of unbranched alkanes of at least 4 members (excludes halogenated alkanes) is 1. The maximum Gasteiger partial charge on any atom is 0.234 e. The highest BCUT2D eigenvalue weighted by molar-refractivity contribution is 9.10. The van der Waals surface area contributed by atoms with E-state index in [0.717, 1.165) is 64.2 Å². The van der Waals surface area contributed by atoms with E-state index in [2.05, 4.69) is 47.2 Å². The Balaban J connectivity index is 2.24. The fraction of sp³-hybridized carbons (Fsp3) is 0.500. The molecule has 1 aromatic heterocycles. The van der Waals surface area contributed by atoms with E-state index in [1.807, 2.05) is 25.7 Å². The molecule has 1 atom stereocenters. The average Bonchev–Trinajstić information content (AvgIpc) is 2.61.